The second-order valence-corrected chi connectivity index (χ2v) is 23.6. The normalized spacial score (nSPS) is 12.7. The van der Waals surface area contributed by atoms with E-state index in [9.17, 15) is 14.7 Å². The highest BCUT2D eigenvalue weighted by atomic mass is 16.6. The molecule has 0 radical (unpaired) electrons. The molecular weight excluding hydrogens is 981 g/mol. The van der Waals surface area contributed by atoms with Crippen molar-refractivity contribution in [1.82, 2.24) is 0 Å². The van der Waals surface area contributed by atoms with E-state index < -0.39 is 6.10 Å². The quantitative estimate of drug-likeness (QED) is 0.0373. The second kappa shape index (κ2) is 70.3. The summed E-state index contributed by atoms with van der Waals surface area (Å²) in [6.45, 7) is 4.07. The van der Waals surface area contributed by atoms with Crippen LogP contribution in [-0.2, 0) is 19.1 Å². The highest BCUT2D eigenvalue weighted by Crippen LogP contribution is 2.18. The van der Waals surface area contributed by atoms with Gasteiger partial charge in [-0.1, -0.05) is 343 Å². The summed E-state index contributed by atoms with van der Waals surface area (Å²) in [4.78, 5) is 24.7. The van der Waals surface area contributed by atoms with Gasteiger partial charge in [0.25, 0.3) is 0 Å². The van der Waals surface area contributed by atoms with Crippen LogP contribution < -0.4 is 0 Å². The zero-order chi connectivity index (χ0) is 57.6. The van der Waals surface area contributed by atoms with E-state index in [0.717, 1.165) is 77.0 Å². The fourth-order valence-corrected chi connectivity index (χ4v) is 10.4. The Morgan fingerprint density at radius 2 is 0.537 bits per heavy atom. The molecule has 0 bridgehead atoms. The van der Waals surface area contributed by atoms with Crippen LogP contribution in [0.25, 0.3) is 0 Å². The molecule has 1 unspecified atom stereocenters. The highest BCUT2D eigenvalue weighted by molar-refractivity contribution is 5.70. The van der Waals surface area contributed by atoms with Crippen molar-refractivity contribution in [3.05, 3.63) is 85.1 Å². The van der Waals surface area contributed by atoms with Gasteiger partial charge in [-0.05, 0) is 89.9 Å². The van der Waals surface area contributed by atoms with Gasteiger partial charge < -0.3 is 14.6 Å². The Hall–Kier alpha value is -2.92. The lowest BCUT2D eigenvalue weighted by molar-refractivity contribution is -0.161. The van der Waals surface area contributed by atoms with Crippen LogP contribution in [0, 0.1) is 0 Å². The average molecular weight is 1120 g/mol. The molecule has 0 aliphatic carbocycles. The molecule has 0 aromatic rings. The number of aliphatic hydroxyl groups excluding tert-OH is 1. The predicted octanol–water partition coefficient (Wildman–Crippen LogP) is 24.4. The van der Waals surface area contributed by atoms with Crippen molar-refractivity contribution in [1.29, 1.82) is 0 Å². The van der Waals surface area contributed by atoms with Gasteiger partial charge in [0.15, 0.2) is 6.10 Å². The summed E-state index contributed by atoms with van der Waals surface area (Å²) in [7, 11) is 0. The third kappa shape index (κ3) is 67.6. The third-order valence-electron chi connectivity index (χ3n) is 15.7. The topological polar surface area (TPSA) is 72.8 Å². The Morgan fingerprint density at radius 1 is 0.300 bits per heavy atom. The average Bonchev–Trinajstić information content (AvgIpc) is 3.46. The van der Waals surface area contributed by atoms with Gasteiger partial charge in [0.2, 0.25) is 0 Å². The fraction of sp³-hybridized carbons (Fsp3) is 0.787. The molecule has 0 aromatic heterocycles. The maximum atomic E-state index is 12.4. The molecule has 80 heavy (non-hydrogen) atoms. The first-order valence-corrected chi connectivity index (χ1v) is 35.1. The van der Waals surface area contributed by atoms with Gasteiger partial charge in [-0.2, -0.15) is 0 Å². The molecule has 0 aliphatic heterocycles. The van der Waals surface area contributed by atoms with Crippen molar-refractivity contribution < 1.29 is 24.2 Å². The number of rotatable bonds is 65. The smallest absolute Gasteiger partial charge is 0.306 e. The van der Waals surface area contributed by atoms with Crippen LogP contribution >= 0.6 is 0 Å². The zero-order valence-electron chi connectivity index (χ0n) is 53.3. The van der Waals surface area contributed by atoms with E-state index in [4.69, 9.17) is 9.47 Å². The van der Waals surface area contributed by atoms with Crippen LogP contribution in [0.4, 0.5) is 0 Å². The first-order chi connectivity index (χ1) is 39.6. The van der Waals surface area contributed by atoms with Crippen LogP contribution in [0.2, 0.25) is 0 Å². The minimum atomic E-state index is -0.774. The lowest BCUT2D eigenvalue weighted by Crippen LogP contribution is -2.28. The molecule has 0 fully saturated rings. The summed E-state index contributed by atoms with van der Waals surface area (Å²) in [5.41, 5.74) is 0. The number of esters is 2. The van der Waals surface area contributed by atoms with Gasteiger partial charge in [-0.15, -0.1) is 0 Å². The summed E-state index contributed by atoms with van der Waals surface area (Å²) in [5.74, 6) is -0.573. The Balaban J connectivity index is 3.43. The number of ether oxygens (including phenoxy) is 2. The van der Waals surface area contributed by atoms with Crippen molar-refractivity contribution >= 4 is 11.9 Å². The Morgan fingerprint density at radius 3 is 0.825 bits per heavy atom. The number of carbonyl (C=O) groups excluding carboxylic acids is 2. The molecule has 0 rings (SSSR count). The van der Waals surface area contributed by atoms with Crippen molar-refractivity contribution in [3.8, 4) is 0 Å². The molecule has 0 spiro atoms. The first kappa shape index (κ1) is 77.1. The molecule has 0 saturated heterocycles. The van der Waals surface area contributed by atoms with Gasteiger partial charge in [-0.3, -0.25) is 9.59 Å². The molecule has 0 saturated carbocycles. The summed E-state index contributed by atoms with van der Waals surface area (Å²) in [5, 5.41) is 9.70. The van der Waals surface area contributed by atoms with Crippen LogP contribution in [0.15, 0.2) is 85.1 Å². The number of carbonyl (C=O) groups is 2. The van der Waals surface area contributed by atoms with Crippen molar-refractivity contribution in [2.45, 2.75) is 367 Å². The monoisotopic (exact) mass is 1120 g/mol. The van der Waals surface area contributed by atoms with Gasteiger partial charge in [-0.25, -0.2) is 0 Å². The molecule has 5 heteroatoms. The van der Waals surface area contributed by atoms with E-state index in [1.165, 1.54) is 257 Å². The van der Waals surface area contributed by atoms with Gasteiger partial charge >= 0.3 is 11.9 Å². The summed E-state index contributed by atoms with van der Waals surface area (Å²) >= 11 is 0. The largest absolute Gasteiger partial charge is 0.462 e. The maximum absolute atomic E-state index is 12.4. The van der Waals surface area contributed by atoms with E-state index in [1.54, 1.807) is 0 Å². The second-order valence-electron chi connectivity index (χ2n) is 23.6. The number of aliphatic hydroxyl groups is 1. The first-order valence-electron chi connectivity index (χ1n) is 35.1. The van der Waals surface area contributed by atoms with Crippen LogP contribution in [0.5, 0.6) is 0 Å². The molecule has 1 atom stereocenters. The zero-order valence-corrected chi connectivity index (χ0v) is 53.3. The molecule has 0 aromatic carbocycles. The number of unbranched alkanes of at least 4 members (excludes halogenated alkanes) is 43. The molecular formula is C75H134O5. The molecule has 464 valence electrons. The van der Waals surface area contributed by atoms with Gasteiger partial charge in [0.1, 0.15) is 6.61 Å². The molecule has 0 heterocycles. The Bertz CT molecular complexity index is 1450. The lowest BCUT2D eigenvalue weighted by Gasteiger charge is -2.15. The number of allylic oxidation sites excluding steroid dienone is 14. The van der Waals surface area contributed by atoms with Gasteiger partial charge in [0, 0.05) is 12.8 Å². The number of hydrogen-bond acceptors (Lipinski definition) is 5. The predicted molar refractivity (Wildman–Crippen MR) is 353 cm³/mol. The molecule has 1 N–H and O–H groups in total. The van der Waals surface area contributed by atoms with Crippen LogP contribution in [-0.4, -0.2) is 36.4 Å². The van der Waals surface area contributed by atoms with Crippen molar-refractivity contribution in [2.75, 3.05) is 13.2 Å². The van der Waals surface area contributed by atoms with E-state index in [-0.39, 0.29) is 25.2 Å². The Kier molecular flexibility index (Phi) is 67.8. The summed E-state index contributed by atoms with van der Waals surface area (Å²) in [6, 6.07) is 0. The number of hydrogen-bond donors (Lipinski definition) is 1. The van der Waals surface area contributed by atoms with E-state index in [2.05, 4.69) is 98.9 Å². The van der Waals surface area contributed by atoms with Gasteiger partial charge in [0.05, 0.1) is 6.61 Å². The minimum absolute atomic E-state index is 0.0629. The highest BCUT2D eigenvalue weighted by Gasteiger charge is 2.16. The molecule has 0 amide bonds. The minimum Gasteiger partial charge on any atom is -0.462 e. The maximum Gasteiger partial charge on any atom is 0.306 e. The Labute approximate surface area is 498 Å². The lowest BCUT2D eigenvalue weighted by atomic mass is 10.0. The van der Waals surface area contributed by atoms with E-state index >= 15 is 0 Å². The SMILES string of the molecule is CC/C=C\C/C=C\C/C=C\C/C=C\C/C=C\C/C=C\CCCCCCCCCCCCCCCCCCCCC(=O)OC(CO)COC(=O)CCCCCCCCCCCCCCCCCCC/C=C\CCCCCCCCCC. The standard InChI is InChI=1S/C75H134O5/c1-3-5-7-9-11-13-15-17-19-21-23-25-27-29-31-33-34-35-36-37-38-39-40-42-44-46-48-50-52-54-56-58-60-62-64-66-68-70-75(78)80-73(71-76)72-79-74(77)69-67-65-63-61-59-57-55-53-51-49-47-45-43-41-32-30-28-26-24-22-20-18-16-14-12-10-8-6-4-2/h5,7,11,13,17,19,22-25,29,31,34-35,73,76H,3-4,6,8-10,12,14-16,18,20-21,26-28,30,32-33,36-72H2,1-2H3/b7-5-,13-11-,19-17-,24-22-,25-23-,31-29-,35-34-. The molecule has 0 aliphatic rings. The third-order valence-corrected chi connectivity index (χ3v) is 15.7. The van der Waals surface area contributed by atoms with E-state index in [0.29, 0.717) is 12.8 Å². The summed E-state index contributed by atoms with van der Waals surface area (Å²) < 4.78 is 10.8. The van der Waals surface area contributed by atoms with E-state index in [1.807, 2.05) is 0 Å². The summed E-state index contributed by atoms with van der Waals surface area (Å²) in [6.07, 6.45) is 99.0. The fourth-order valence-electron chi connectivity index (χ4n) is 10.4. The molecule has 5 nitrogen and oxygen atoms in total. The van der Waals surface area contributed by atoms with Crippen LogP contribution in [0.1, 0.15) is 361 Å². The van der Waals surface area contributed by atoms with Crippen molar-refractivity contribution in [2.24, 2.45) is 0 Å². The van der Waals surface area contributed by atoms with Crippen molar-refractivity contribution in [3.63, 3.8) is 0 Å². The van der Waals surface area contributed by atoms with Crippen LogP contribution in [0.3, 0.4) is 0 Å².